The molecule has 19 heavy (non-hydrogen) atoms. The first kappa shape index (κ1) is 12.6. The number of rotatable bonds is 3. The second kappa shape index (κ2) is 5.70. The Morgan fingerprint density at radius 3 is 2.63 bits per heavy atom. The summed E-state index contributed by atoms with van der Waals surface area (Å²) in [6.45, 7) is 5.76. The van der Waals surface area contributed by atoms with Crippen LogP contribution >= 0.6 is 0 Å². The van der Waals surface area contributed by atoms with Gasteiger partial charge in [0.05, 0.1) is 13.2 Å². The third-order valence-corrected chi connectivity index (χ3v) is 3.68. The van der Waals surface area contributed by atoms with E-state index in [0.717, 1.165) is 26.3 Å². The topological polar surface area (TPSA) is 24.5 Å². The third-order valence-electron chi connectivity index (χ3n) is 3.68. The van der Waals surface area contributed by atoms with Crippen LogP contribution in [0.4, 0.5) is 0 Å². The maximum Gasteiger partial charge on any atom is 0.0608 e. The Morgan fingerprint density at radius 2 is 1.79 bits per heavy atom. The van der Waals surface area contributed by atoms with Crippen LogP contribution in [0, 0.1) is 0 Å². The molecule has 0 amide bonds. The Bertz CT molecular complexity index is 544. The molecule has 0 radical (unpaired) electrons. The molecule has 0 bridgehead atoms. The fraction of sp³-hybridized carbons (Fsp3) is 0.375. The lowest BCUT2D eigenvalue weighted by Crippen LogP contribution is -2.46. The lowest BCUT2D eigenvalue weighted by molar-refractivity contribution is 0.00495. The number of fused-ring (bicyclic) bond motifs is 1. The smallest absolute Gasteiger partial charge is 0.0608 e. The maximum atomic E-state index is 5.38. The summed E-state index contributed by atoms with van der Waals surface area (Å²) in [4.78, 5) is 0. The van der Waals surface area contributed by atoms with Crippen LogP contribution in [0.5, 0.6) is 0 Å². The second-order valence-electron chi connectivity index (χ2n) is 5.02. The van der Waals surface area contributed by atoms with E-state index in [2.05, 4.69) is 59.8 Å². The van der Waals surface area contributed by atoms with E-state index in [-0.39, 0.29) is 0 Å². The highest BCUT2D eigenvalue weighted by Crippen LogP contribution is 2.24. The summed E-state index contributed by atoms with van der Waals surface area (Å²) in [5.74, 6) is 0. The minimum Gasteiger partial charge on any atom is -0.379 e. The highest BCUT2D eigenvalue weighted by atomic mass is 16.5. The molecule has 3 heteroatoms. The van der Waals surface area contributed by atoms with E-state index in [1.165, 1.54) is 16.3 Å². The van der Waals surface area contributed by atoms with Crippen molar-refractivity contribution < 1.29 is 4.74 Å². The summed E-state index contributed by atoms with van der Waals surface area (Å²) in [6, 6.07) is 15.4. The van der Waals surface area contributed by atoms with Gasteiger partial charge in [-0.05, 0) is 23.3 Å². The zero-order chi connectivity index (χ0) is 13.1. The Hall–Kier alpha value is -1.42. The van der Waals surface area contributed by atoms with E-state index in [9.17, 15) is 0 Å². The van der Waals surface area contributed by atoms with Gasteiger partial charge in [0.25, 0.3) is 0 Å². The molecule has 2 aromatic rings. The molecule has 1 atom stereocenters. The van der Waals surface area contributed by atoms with Crippen LogP contribution in [0.1, 0.15) is 18.5 Å². The molecule has 1 N–H and O–H groups in total. The van der Waals surface area contributed by atoms with Gasteiger partial charge in [0, 0.05) is 19.1 Å². The van der Waals surface area contributed by atoms with Crippen LogP contribution in [0.25, 0.3) is 10.8 Å². The van der Waals surface area contributed by atoms with Gasteiger partial charge < -0.3 is 4.74 Å². The second-order valence-corrected chi connectivity index (χ2v) is 5.02. The Morgan fingerprint density at radius 1 is 1.05 bits per heavy atom. The highest BCUT2D eigenvalue weighted by Gasteiger charge is 2.15. The van der Waals surface area contributed by atoms with Crippen molar-refractivity contribution >= 4 is 10.8 Å². The normalized spacial score (nSPS) is 18.6. The first-order valence-corrected chi connectivity index (χ1v) is 6.91. The van der Waals surface area contributed by atoms with E-state index in [1.807, 2.05) is 0 Å². The maximum absolute atomic E-state index is 5.38. The van der Waals surface area contributed by atoms with Gasteiger partial charge in [-0.15, -0.1) is 0 Å². The quantitative estimate of drug-likeness (QED) is 0.914. The molecule has 1 aliphatic rings. The van der Waals surface area contributed by atoms with Gasteiger partial charge in [-0.25, -0.2) is 10.4 Å². The molecule has 1 aliphatic heterocycles. The van der Waals surface area contributed by atoms with Crippen molar-refractivity contribution in [2.75, 3.05) is 26.3 Å². The summed E-state index contributed by atoms with van der Waals surface area (Å²) in [5, 5.41) is 4.89. The van der Waals surface area contributed by atoms with E-state index in [1.54, 1.807) is 0 Å². The Labute approximate surface area is 114 Å². The molecule has 0 aliphatic carbocycles. The number of benzene rings is 2. The molecule has 1 fully saturated rings. The summed E-state index contributed by atoms with van der Waals surface area (Å²) in [6.07, 6.45) is 0. The average Bonchev–Trinajstić information content (AvgIpc) is 2.47. The SMILES string of the molecule is CC(NN1CCOCC1)c1cccc2ccccc12. The summed E-state index contributed by atoms with van der Waals surface area (Å²) in [5.41, 5.74) is 4.93. The highest BCUT2D eigenvalue weighted by molar-refractivity contribution is 5.86. The van der Waals surface area contributed by atoms with Crippen LogP contribution in [0.3, 0.4) is 0 Å². The van der Waals surface area contributed by atoms with E-state index in [0.29, 0.717) is 6.04 Å². The van der Waals surface area contributed by atoms with Gasteiger partial charge in [0.15, 0.2) is 0 Å². The molecule has 0 aromatic heterocycles. The molecule has 3 nitrogen and oxygen atoms in total. The molecule has 1 saturated heterocycles. The zero-order valence-corrected chi connectivity index (χ0v) is 11.3. The minimum absolute atomic E-state index is 0.309. The first-order chi connectivity index (χ1) is 9.34. The van der Waals surface area contributed by atoms with Crippen molar-refractivity contribution in [1.82, 2.24) is 10.4 Å². The fourth-order valence-electron chi connectivity index (χ4n) is 2.66. The molecule has 3 rings (SSSR count). The van der Waals surface area contributed by atoms with E-state index < -0.39 is 0 Å². The molecule has 2 aromatic carbocycles. The predicted molar refractivity (Wildman–Crippen MR) is 77.9 cm³/mol. The number of hydrogen-bond donors (Lipinski definition) is 1. The lowest BCUT2D eigenvalue weighted by Gasteiger charge is -2.30. The van der Waals surface area contributed by atoms with Crippen LogP contribution in [-0.2, 0) is 4.74 Å². The van der Waals surface area contributed by atoms with Gasteiger partial charge in [0.1, 0.15) is 0 Å². The van der Waals surface area contributed by atoms with Gasteiger partial charge in [-0.3, -0.25) is 0 Å². The monoisotopic (exact) mass is 256 g/mol. The van der Waals surface area contributed by atoms with Gasteiger partial charge in [-0.2, -0.15) is 0 Å². The molecule has 1 heterocycles. The molecular weight excluding hydrogens is 236 g/mol. The van der Waals surface area contributed by atoms with E-state index in [4.69, 9.17) is 4.74 Å². The van der Waals surface area contributed by atoms with Gasteiger partial charge in [0.2, 0.25) is 0 Å². The molecule has 1 unspecified atom stereocenters. The Kier molecular flexibility index (Phi) is 3.78. The predicted octanol–water partition coefficient (Wildman–Crippen LogP) is 2.74. The van der Waals surface area contributed by atoms with Crippen LogP contribution in [0.15, 0.2) is 42.5 Å². The van der Waals surface area contributed by atoms with Gasteiger partial charge >= 0.3 is 0 Å². The number of nitrogens with one attached hydrogen (secondary N) is 1. The Balaban J connectivity index is 1.82. The molecule has 0 saturated carbocycles. The lowest BCUT2D eigenvalue weighted by atomic mass is 10.00. The van der Waals surface area contributed by atoms with Crippen molar-refractivity contribution in [2.24, 2.45) is 0 Å². The van der Waals surface area contributed by atoms with Crippen molar-refractivity contribution in [3.63, 3.8) is 0 Å². The van der Waals surface area contributed by atoms with Crippen molar-refractivity contribution in [2.45, 2.75) is 13.0 Å². The van der Waals surface area contributed by atoms with Crippen LogP contribution < -0.4 is 5.43 Å². The molecule has 100 valence electrons. The number of morpholine rings is 1. The third kappa shape index (κ3) is 2.78. The van der Waals surface area contributed by atoms with Crippen LogP contribution in [0.2, 0.25) is 0 Å². The summed E-state index contributed by atoms with van der Waals surface area (Å²) < 4.78 is 5.38. The fourth-order valence-corrected chi connectivity index (χ4v) is 2.66. The molecule has 0 spiro atoms. The summed E-state index contributed by atoms with van der Waals surface area (Å²) >= 11 is 0. The standard InChI is InChI=1S/C16H20N2O/c1-13(17-18-9-11-19-12-10-18)15-8-4-6-14-5-2-3-7-16(14)15/h2-8,13,17H,9-12H2,1H3. The van der Waals surface area contributed by atoms with Crippen molar-refractivity contribution in [3.8, 4) is 0 Å². The summed E-state index contributed by atoms with van der Waals surface area (Å²) in [7, 11) is 0. The number of hydrazine groups is 1. The first-order valence-electron chi connectivity index (χ1n) is 6.91. The number of nitrogens with zero attached hydrogens (tertiary/aromatic N) is 1. The van der Waals surface area contributed by atoms with Crippen LogP contribution in [-0.4, -0.2) is 31.3 Å². The zero-order valence-electron chi connectivity index (χ0n) is 11.3. The molecular formula is C16H20N2O. The number of hydrogen-bond acceptors (Lipinski definition) is 3. The number of ether oxygens (including phenoxy) is 1. The van der Waals surface area contributed by atoms with Gasteiger partial charge in [-0.1, -0.05) is 42.5 Å². The largest absolute Gasteiger partial charge is 0.379 e. The van der Waals surface area contributed by atoms with E-state index >= 15 is 0 Å². The average molecular weight is 256 g/mol. The minimum atomic E-state index is 0.309. The van der Waals surface area contributed by atoms with Crippen molar-refractivity contribution in [1.29, 1.82) is 0 Å². The van der Waals surface area contributed by atoms with Crippen molar-refractivity contribution in [3.05, 3.63) is 48.0 Å².